The summed E-state index contributed by atoms with van der Waals surface area (Å²) in [7, 11) is 0. The van der Waals surface area contributed by atoms with Crippen LogP contribution in [-0.2, 0) is 0 Å². The second kappa shape index (κ2) is 17.8. The third-order valence-corrected chi connectivity index (χ3v) is 17.2. The molecule has 0 unspecified atom stereocenters. The molecule has 2 heteroatoms. The first-order valence-corrected chi connectivity index (χ1v) is 23.5. The van der Waals surface area contributed by atoms with Gasteiger partial charge in [0.25, 0.3) is 0 Å². The van der Waals surface area contributed by atoms with Gasteiger partial charge in [0, 0.05) is 36.3 Å². The lowest BCUT2D eigenvalue weighted by Crippen LogP contribution is -2.53. The lowest BCUT2D eigenvalue weighted by atomic mass is 9.61. The molecule has 0 spiro atoms. The summed E-state index contributed by atoms with van der Waals surface area (Å²) in [6.07, 6.45) is 44.1. The zero-order valence-corrected chi connectivity index (χ0v) is 33.5. The van der Waals surface area contributed by atoms with Crippen molar-refractivity contribution < 1.29 is 0 Å². The molecule has 7 aliphatic carbocycles. The molecule has 7 fully saturated rings. The van der Waals surface area contributed by atoms with Crippen LogP contribution in [0.4, 0.5) is 0 Å². The van der Waals surface area contributed by atoms with Crippen molar-refractivity contribution in [3.05, 3.63) is 0 Å². The predicted octanol–water partition coefficient (Wildman–Crippen LogP) is 13.2. The second-order valence-corrected chi connectivity index (χ2v) is 20.7. The summed E-state index contributed by atoms with van der Waals surface area (Å²) in [5, 5.41) is 0. The van der Waals surface area contributed by atoms with E-state index in [1.54, 1.807) is 38.5 Å². The van der Waals surface area contributed by atoms with Crippen LogP contribution in [0.3, 0.4) is 0 Å². The van der Waals surface area contributed by atoms with Crippen LogP contribution < -0.4 is 0 Å². The highest BCUT2D eigenvalue weighted by molar-refractivity contribution is 4.97. The fourth-order valence-corrected chi connectivity index (χ4v) is 14.2. The average Bonchev–Trinajstić information content (AvgIpc) is 3.13. The first-order valence-electron chi connectivity index (χ1n) is 23.5. The number of hydrogen-bond acceptors (Lipinski definition) is 2. The van der Waals surface area contributed by atoms with Gasteiger partial charge in [-0.2, -0.15) is 0 Å². The second-order valence-electron chi connectivity index (χ2n) is 20.7. The molecule has 7 aliphatic rings. The topological polar surface area (TPSA) is 6.48 Å². The van der Waals surface area contributed by atoms with Gasteiger partial charge in [0.2, 0.25) is 0 Å². The first-order chi connectivity index (χ1) is 23.9. The Morgan fingerprint density at radius 3 is 0.755 bits per heavy atom. The normalized spacial score (nSPS) is 44.2. The summed E-state index contributed by atoms with van der Waals surface area (Å²) in [4.78, 5) is 6.50. The SMILES string of the molecule is CC1CCC(N(C2CCC(C)CC2)C2CCC(C(C3CCCCC3)C3CCC(N(C4CCC(C)CC4)C4CCC(C)CC4)CC3)CC2)CC1. The molecule has 0 N–H and O–H groups in total. The minimum absolute atomic E-state index is 0.904. The van der Waals surface area contributed by atoms with Crippen LogP contribution in [0.2, 0.25) is 0 Å². The standard InChI is InChI=1S/C47H84N2/c1-34-10-22-41(23-11-34)48(42-24-12-35(2)13-25-42)45-30-18-39(19-31-45)47(38-8-6-5-7-9-38)40-20-32-46(33-21-40)49(43-26-14-36(3)15-27-43)44-28-16-37(4)17-29-44/h34-47H,5-33H2,1-4H3. The van der Waals surface area contributed by atoms with Gasteiger partial charge in [0.15, 0.2) is 0 Å². The summed E-state index contributed by atoms with van der Waals surface area (Å²) in [5.41, 5.74) is 0. The van der Waals surface area contributed by atoms with Crippen molar-refractivity contribution in [3.8, 4) is 0 Å². The Balaban J connectivity index is 1.01. The van der Waals surface area contributed by atoms with Gasteiger partial charge < -0.3 is 0 Å². The Bertz CT molecular complexity index is 811. The van der Waals surface area contributed by atoms with Crippen LogP contribution in [0.25, 0.3) is 0 Å². The molecule has 282 valence electrons. The van der Waals surface area contributed by atoms with E-state index in [1.807, 2.05) is 0 Å². The van der Waals surface area contributed by atoms with E-state index >= 15 is 0 Å². The average molecular weight is 677 g/mol. The van der Waals surface area contributed by atoms with E-state index in [9.17, 15) is 0 Å². The van der Waals surface area contributed by atoms with E-state index in [1.165, 1.54) is 148 Å². The van der Waals surface area contributed by atoms with Crippen molar-refractivity contribution in [2.24, 2.45) is 47.3 Å². The molecule has 2 nitrogen and oxygen atoms in total. The summed E-state index contributed by atoms with van der Waals surface area (Å²) >= 11 is 0. The Hall–Kier alpha value is -0.0800. The summed E-state index contributed by atoms with van der Waals surface area (Å²) in [5.74, 6) is 8.07. The van der Waals surface area contributed by atoms with Crippen LogP contribution >= 0.6 is 0 Å². The van der Waals surface area contributed by atoms with E-state index in [2.05, 4.69) is 37.5 Å². The van der Waals surface area contributed by atoms with Crippen molar-refractivity contribution in [1.82, 2.24) is 9.80 Å². The lowest BCUT2D eigenvalue weighted by molar-refractivity contribution is -0.0237. The molecule has 0 aromatic heterocycles. The third kappa shape index (κ3) is 9.36. The van der Waals surface area contributed by atoms with E-state index in [0.717, 1.165) is 83.6 Å². The molecule has 0 aromatic rings. The molecule has 7 saturated carbocycles. The molecular weight excluding hydrogens is 593 g/mol. The number of nitrogens with zero attached hydrogens (tertiary/aromatic N) is 2. The van der Waals surface area contributed by atoms with Gasteiger partial charge in [0.05, 0.1) is 0 Å². The maximum absolute atomic E-state index is 3.25. The van der Waals surface area contributed by atoms with Crippen molar-refractivity contribution in [2.75, 3.05) is 0 Å². The highest BCUT2D eigenvalue weighted by atomic mass is 15.2. The van der Waals surface area contributed by atoms with Crippen LogP contribution in [0.5, 0.6) is 0 Å². The molecule has 0 aliphatic heterocycles. The maximum atomic E-state index is 3.25. The van der Waals surface area contributed by atoms with Crippen LogP contribution in [0.15, 0.2) is 0 Å². The van der Waals surface area contributed by atoms with Crippen LogP contribution in [-0.4, -0.2) is 46.1 Å². The van der Waals surface area contributed by atoms with Crippen molar-refractivity contribution in [2.45, 2.75) is 250 Å². The van der Waals surface area contributed by atoms with Gasteiger partial charge >= 0.3 is 0 Å². The van der Waals surface area contributed by atoms with Crippen molar-refractivity contribution in [1.29, 1.82) is 0 Å². The molecule has 0 saturated heterocycles. The number of rotatable bonds is 9. The number of hydrogen-bond donors (Lipinski definition) is 0. The summed E-state index contributed by atoms with van der Waals surface area (Å²) < 4.78 is 0. The first kappa shape index (κ1) is 37.2. The Morgan fingerprint density at radius 1 is 0.265 bits per heavy atom. The van der Waals surface area contributed by atoms with Crippen LogP contribution in [0, 0.1) is 47.3 Å². The minimum atomic E-state index is 0.904. The lowest BCUT2D eigenvalue weighted by Gasteiger charge is -2.52. The van der Waals surface area contributed by atoms with Gasteiger partial charge in [-0.05, 0) is 201 Å². The fourth-order valence-electron chi connectivity index (χ4n) is 14.2. The zero-order valence-electron chi connectivity index (χ0n) is 33.5. The quantitative estimate of drug-likeness (QED) is 0.240. The molecule has 0 atom stereocenters. The molecule has 0 radical (unpaired) electrons. The van der Waals surface area contributed by atoms with Crippen molar-refractivity contribution in [3.63, 3.8) is 0 Å². The third-order valence-electron chi connectivity index (χ3n) is 17.2. The Kier molecular flexibility index (Phi) is 13.6. The molecule has 0 amide bonds. The minimum Gasteiger partial charge on any atom is -0.294 e. The van der Waals surface area contributed by atoms with E-state index in [0.29, 0.717) is 0 Å². The van der Waals surface area contributed by atoms with Gasteiger partial charge in [0.1, 0.15) is 0 Å². The van der Waals surface area contributed by atoms with E-state index in [4.69, 9.17) is 0 Å². The molecule has 49 heavy (non-hydrogen) atoms. The molecular formula is C47H84N2. The molecule has 7 rings (SSSR count). The van der Waals surface area contributed by atoms with Gasteiger partial charge in [-0.3, -0.25) is 9.80 Å². The van der Waals surface area contributed by atoms with Gasteiger partial charge in [-0.15, -0.1) is 0 Å². The molecule has 0 aromatic carbocycles. The maximum Gasteiger partial charge on any atom is 0.0101 e. The molecule has 0 bridgehead atoms. The largest absolute Gasteiger partial charge is 0.294 e. The predicted molar refractivity (Wildman–Crippen MR) is 211 cm³/mol. The van der Waals surface area contributed by atoms with Gasteiger partial charge in [-0.25, -0.2) is 0 Å². The summed E-state index contributed by atoms with van der Waals surface area (Å²) in [6, 6.07) is 5.43. The monoisotopic (exact) mass is 677 g/mol. The van der Waals surface area contributed by atoms with Gasteiger partial charge in [-0.1, -0.05) is 59.8 Å². The summed E-state index contributed by atoms with van der Waals surface area (Å²) in [6.45, 7) is 10.1. The smallest absolute Gasteiger partial charge is 0.0101 e. The molecule has 0 heterocycles. The van der Waals surface area contributed by atoms with E-state index in [-0.39, 0.29) is 0 Å². The zero-order chi connectivity index (χ0) is 33.7. The highest BCUT2D eigenvalue weighted by Crippen LogP contribution is 2.50. The highest BCUT2D eigenvalue weighted by Gasteiger charge is 2.44. The van der Waals surface area contributed by atoms with Crippen LogP contribution in [0.1, 0.15) is 214 Å². The Morgan fingerprint density at radius 2 is 0.490 bits per heavy atom. The van der Waals surface area contributed by atoms with E-state index < -0.39 is 0 Å². The van der Waals surface area contributed by atoms with Crippen molar-refractivity contribution >= 4 is 0 Å². The fraction of sp³-hybridized carbons (Fsp3) is 1.00. The Labute approximate surface area is 306 Å².